The van der Waals surface area contributed by atoms with E-state index in [9.17, 15) is 0 Å². The lowest BCUT2D eigenvalue weighted by molar-refractivity contribution is 0.732. The van der Waals surface area contributed by atoms with Crippen LogP contribution in [0.2, 0.25) is 0 Å². The van der Waals surface area contributed by atoms with Gasteiger partial charge in [0.05, 0.1) is 17.1 Å². The maximum atomic E-state index is 3.54. The minimum atomic E-state index is 0.201. The van der Waals surface area contributed by atoms with Gasteiger partial charge >= 0.3 is 0 Å². The van der Waals surface area contributed by atoms with Crippen molar-refractivity contribution in [2.75, 3.05) is 6.54 Å². The van der Waals surface area contributed by atoms with Gasteiger partial charge in [0.2, 0.25) is 0 Å². The van der Waals surface area contributed by atoms with Crippen LogP contribution in [0.15, 0.2) is 163 Å². The van der Waals surface area contributed by atoms with Gasteiger partial charge in [-0.2, -0.15) is 0 Å². The summed E-state index contributed by atoms with van der Waals surface area (Å²) in [5.74, 6) is 0. The monoisotopic (exact) mass is 591 g/mol. The Morgan fingerprint density at radius 1 is 0.652 bits per heavy atom. The van der Waals surface area contributed by atoms with E-state index < -0.39 is 0 Å². The summed E-state index contributed by atoms with van der Waals surface area (Å²) >= 11 is 0. The number of hydrogen-bond acceptors (Lipinski definition) is 2. The molecule has 0 radical (unpaired) electrons. The van der Waals surface area contributed by atoms with E-state index in [1.54, 1.807) is 0 Å². The Hall–Kier alpha value is -5.80. The Balaban J connectivity index is 1.21. The highest BCUT2D eigenvalue weighted by Gasteiger charge is 2.19. The summed E-state index contributed by atoms with van der Waals surface area (Å²) in [6, 6.07) is 44.7. The molecule has 2 N–H and O–H groups in total. The van der Waals surface area contributed by atoms with Crippen LogP contribution >= 0.6 is 0 Å². The summed E-state index contributed by atoms with van der Waals surface area (Å²) in [7, 11) is 0. The molecule has 1 aromatic heterocycles. The summed E-state index contributed by atoms with van der Waals surface area (Å²) in [5, 5.41) is 14.6. The largest absolute Gasteiger partial charge is 0.387 e. The third-order valence-corrected chi connectivity index (χ3v) is 9.53. The summed E-state index contributed by atoms with van der Waals surface area (Å²) in [6.45, 7) is 2.99. The van der Waals surface area contributed by atoms with Crippen LogP contribution in [-0.2, 0) is 0 Å². The SMILES string of the molecule is CC1=CC(C2=CC(c3ccc4c5ccc6cc(-c7ccc8ccccc8c7)ccc6c5n(-c5ccccc5)c4c3)=CNC2)NC=C1. The van der Waals surface area contributed by atoms with E-state index in [1.165, 1.54) is 76.8 Å². The zero-order valence-electron chi connectivity index (χ0n) is 25.7. The molecule has 0 aliphatic carbocycles. The molecule has 0 spiro atoms. The number of fused-ring (bicyclic) bond motifs is 6. The summed E-state index contributed by atoms with van der Waals surface area (Å²) in [5.41, 5.74) is 11.1. The van der Waals surface area contributed by atoms with E-state index in [2.05, 4.69) is 174 Å². The molecule has 1 unspecified atom stereocenters. The first-order chi connectivity index (χ1) is 22.7. The van der Waals surface area contributed by atoms with E-state index in [1.807, 2.05) is 0 Å². The topological polar surface area (TPSA) is 29.0 Å². The quantitative estimate of drug-likeness (QED) is 0.213. The number of allylic oxidation sites excluding steroid dienone is 4. The molecule has 1 atom stereocenters. The van der Waals surface area contributed by atoms with Gasteiger partial charge in [0, 0.05) is 34.6 Å². The minimum Gasteiger partial charge on any atom is -0.387 e. The number of nitrogens with one attached hydrogen (secondary N) is 2. The van der Waals surface area contributed by atoms with Gasteiger partial charge < -0.3 is 15.2 Å². The second-order valence-corrected chi connectivity index (χ2v) is 12.5. The zero-order chi connectivity index (χ0) is 30.6. The number of hydrogen-bond donors (Lipinski definition) is 2. The van der Waals surface area contributed by atoms with Gasteiger partial charge in [0.1, 0.15) is 0 Å². The Morgan fingerprint density at radius 3 is 2.24 bits per heavy atom. The smallest absolute Gasteiger partial charge is 0.0678 e. The third kappa shape index (κ3) is 4.43. The van der Waals surface area contributed by atoms with E-state index in [0.717, 1.165) is 12.2 Å². The molecule has 0 amide bonds. The van der Waals surface area contributed by atoms with Crippen molar-refractivity contribution in [3.63, 3.8) is 0 Å². The fourth-order valence-corrected chi connectivity index (χ4v) is 7.21. The van der Waals surface area contributed by atoms with Crippen molar-refractivity contribution >= 4 is 48.9 Å². The Bertz CT molecular complexity index is 2450. The van der Waals surface area contributed by atoms with Gasteiger partial charge in [-0.1, -0.05) is 103 Å². The Labute approximate surface area is 268 Å². The van der Waals surface area contributed by atoms with Crippen LogP contribution in [0.25, 0.3) is 65.7 Å². The van der Waals surface area contributed by atoms with Gasteiger partial charge in [-0.15, -0.1) is 0 Å². The van der Waals surface area contributed by atoms with E-state index in [4.69, 9.17) is 0 Å². The van der Waals surface area contributed by atoms with E-state index >= 15 is 0 Å². The molecular formula is C43H33N3. The third-order valence-electron chi connectivity index (χ3n) is 9.53. The van der Waals surface area contributed by atoms with Crippen molar-refractivity contribution < 1.29 is 0 Å². The number of dihydropyridines is 2. The molecule has 220 valence electrons. The van der Waals surface area contributed by atoms with Gasteiger partial charge in [-0.05, 0) is 99.6 Å². The number of para-hydroxylation sites is 1. The highest BCUT2D eigenvalue weighted by atomic mass is 15.0. The summed E-state index contributed by atoms with van der Waals surface area (Å²) < 4.78 is 2.45. The van der Waals surface area contributed by atoms with Crippen LogP contribution in [0.4, 0.5) is 0 Å². The van der Waals surface area contributed by atoms with Gasteiger partial charge in [0.15, 0.2) is 0 Å². The van der Waals surface area contributed by atoms with Gasteiger partial charge in [0.25, 0.3) is 0 Å². The highest BCUT2D eigenvalue weighted by Crippen LogP contribution is 2.39. The molecule has 3 heteroatoms. The minimum absolute atomic E-state index is 0.201. The maximum Gasteiger partial charge on any atom is 0.0678 e. The normalized spacial score (nSPS) is 16.3. The first-order valence-corrected chi connectivity index (χ1v) is 16.0. The molecule has 9 rings (SSSR count). The molecule has 0 saturated heterocycles. The molecule has 7 aromatic rings. The summed E-state index contributed by atoms with van der Waals surface area (Å²) in [6.07, 6.45) is 11.0. The number of aromatic nitrogens is 1. The first-order valence-electron chi connectivity index (χ1n) is 16.0. The average Bonchev–Trinajstić information content (AvgIpc) is 3.46. The van der Waals surface area contributed by atoms with Gasteiger partial charge in [-0.25, -0.2) is 0 Å². The number of benzene rings is 6. The fourth-order valence-electron chi connectivity index (χ4n) is 7.21. The van der Waals surface area contributed by atoms with Crippen molar-refractivity contribution in [3.8, 4) is 16.8 Å². The second kappa shape index (κ2) is 10.7. The first kappa shape index (κ1) is 26.6. The van der Waals surface area contributed by atoms with Crippen LogP contribution in [0.5, 0.6) is 0 Å². The molecule has 0 saturated carbocycles. The van der Waals surface area contributed by atoms with E-state index in [0.29, 0.717) is 0 Å². The predicted octanol–water partition coefficient (Wildman–Crippen LogP) is 10.1. The van der Waals surface area contributed by atoms with Crippen molar-refractivity contribution in [2.45, 2.75) is 13.0 Å². The maximum absolute atomic E-state index is 3.54. The van der Waals surface area contributed by atoms with E-state index in [-0.39, 0.29) is 6.04 Å². The van der Waals surface area contributed by atoms with Crippen LogP contribution in [0, 0.1) is 0 Å². The molecule has 3 nitrogen and oxygen atoms in total. The zero-order valence-corrected chi connectivity index (χ0v) is 25.7. The second-order valence-electron chi connectivity index (χ2n) is 12.5. The molecule has 46 heavy (non-hydrogen) atoms. The van der Waals surface area contributed by atoms with Gasteiger partial charge in [-0.3, -0.25) is 0 Å². The van der Waals surface area contributed by atoms with Crippen LogP contribution in [0.1, 0.15) is 12.5 Å². The molecule has 6 aromatic carbocycles. The summed E-state index contributed by atoms with van der Waals surface area (Å²) in [4.78, 5) is 0. The van der Waals surface area contributed by atoms with Crippen LogP contribution in [0.3, 0.4) is 0 Å². The van der Waals surface area contributed by atoms with Crippen molar-refractivity contribution in [1.82, 2.24) is 15.2 Å². The molecular weight excluding hydrogens is 558 g/mol. The molecule has 0 bridgehead atoms. The van der Waals surface area contributed by atoms with Crippen molar-refractivity contribution in [1.29, 1.82) is 0 Å². The van der Waals surface area contributed by atoms with Crippen LogP contribution < -0.4 is 10.6 Å². The lowest BCUT2D eigenvalue weighted by Gasteiger charge is -2.24. The number of nitrogens with zero attached hydrogens (tertiary/aromatic N) is 1. The molecule has 0 fully saturated rings. The predicted molar refractivity (Wildman–Crippen MR) is 195 cm³/mol. The molecule has 2 aliphatic rings. The van der Waals surface area contributed by atoms with Crippen molar-refractivity contribution in [2.24, 2.45) is 0 Å². The molecule has 3 heterocycles. The lowest BCUT2D eigenvalue weighted by atomic mass is 9.94. The molecule has 2 aliphatic heterocycles. The Kier molecular flexibility index (Phi) is 6.17. The highest BCUT2D eigenvalue weighted by molar-refractivity contribution is 6.19. The Morgan fingerprint density at radius 2 is 1.37 bits per heavy atom. The number of rotatable bonds is 4. The van der Waals surface area contributed by atoms with Crippen LogP contribution in [-0.4, -0.2) is 17.2 Å². The average molecular weight is 592 g/mol. The van der Waals surface area contributed by atoms with Crippen molar-refractivity contribution in [3.05, 3.63) is 169 Å². The lowest BCUT2D eigenvalue weighted by Crippen LogP contribution is -2.32. The fraction of sp³-hybridized carbons (Fsp3) is 0.0698. The standard InChI is InChI=1S/C43H33N3/c1-28-19-20-45-41(21-28)36-24-35(26-44-27-36)33-14-17-39-40-18-15-34-23-32(31-12-11-29-7-5-6-8-30(29)22-31)13-16-38(34)43(40)46(42(39)25-33)37-9-3-2-4-10-37/h2-26,41,44-45H,27H2,1H3.